The Hall–Kier alpha value is -0.740. The Balaban J connectivity index is 2.90. The van der Waals surface area contributed by atoms with Gasteiger partial charge in [-0.05, 0) is 32.3 Å². The van der Waals surface area contributed by atoms with Crippen LogP contribution in [0.3, 0.4) is 0 Å². The number of nitrogens with zero attached hydrogens (tertiary/aromatic N) is 1. The molecule has 1 aromatic rings. The minimum Gasteiger partial charge on any atom is -0.302 e. The SMILES string of the molecule is CN(C)CC(=O)c1ccc(Br)cc1F. The van der Waals surface area contributed by atoms with Gasteiger partial charge in [0.15, 0.2) is 5.78 Å². The highest BCUT2D eigenvalue weighted by atomic mass is 79.9. The molecule has 0 bridgehead atoms. The third-order valence-corrected chi connectivity index (χ3v) is 2.18. The van der Waals surface area contributed by atoms with Crippen LogP contribution in [0, 0.1) is 5.82 Å². The van der Waals surface area contributed by atoms with Crippen molar-refractivity contribution in [2.24, 2.45) is 0 Å². The van der Waals surface area contributed by atoms with Crippen molar-refractivity contribution in [2.75, 3.05) is 20.6 Å². The number of likely N-dealkylation sites (N-methyl/N-ethyl adjacent to an activating group) is 1. The number of carbonyl (C=O) groups is 1. The topological polar surface area (TPSA) is 20.3 Å². The molecule has 0 atom stereocenters. The lowest BCUT2D eigenvalue weighted by Gasteiger charge is -2.08. The van der Waals surface area contributed by atoms with Gasteiger partial charge in [-0.3, -0.25) is 4.79 Å². The molecule has 0 spiro atoms. The van der Waals surface area contributed by atoms with Crippen molar-refractivity contribution in [1.82, 2.24) is 4.90 Å². The average molecular weight is 260 g/mol. The highest BCUT2D eigenvalue weighted by Gasteiger charge is 2.12. The van der Waals surface area contributed by atoms with E-state index < -0.39 is 5.82 Å². The third-order valence-electron chi connectivity index (χ3n) is 1.69. The molecule has 4 heteroatoms. The first-order valence-electron chi connectivity index (χ1n) is 4.13. The standard InChI is InChI=1S/C10H11BrFNO/c1-13(2)6-10(14)8-4-3-7(11)5-9(8)12/h3-5H,6H2,1-2H3. The van der Waals surface area contributed by atoms with E-state index in [0.29, 0.717) is 4.47 Å². The third kappa shape index (κ3) is 2.89. The molecule has 0 amide bonds. The number of rotatable bonds is 3. The van der Waals surface area contributed by atoms with Crippen molar-refractivity contribution >= 4 is 21.7 Å². The fourth-order valence-corrected chi connectivity index (χ4v) is 1.42. The van der Waals surface area contributed by atoms with Crippen molar-refractivity contribution < 1.29 is 9.18 Å². The minimum atomic E-state index is -0.480. The van der Waals surface area contributed by atoms with E-state index in [2.05, 4.69) is 15.9 Å². The molecule has 0 aliphatic carbocycles. The summed E-state index contributed by atoms with van der Waals surface area (Å²) in [5.41, 5.74) is 0.141. The zero-order chi connectivity index (χ0) is 10.7. The van der Waals surface area contributed by atoms with Gasteiger partial charge in [0, 0.05) is 4.47 Å². The Morgan fingerprint density at radius 2 is 2.14 bits per heavy atom. The highest BCUT2D eigenvalue weighted by molar-refractivity contribution is 9.10. The van der Waals surface area contributed by atoms with Crippen LogP contribution in [0.25, 0.3) is 0 Å². The molecule has 14 heavy (non-hydrogen) atoms. The number of ketones is 1. The van der Waals surface area contributed by atoms with Crippen molar-refractivity contribution in [2.45, 2.75) is 0 Å². The first-order chi connectivity index (χ1) is 6.50. The second kappa shape index (κ2) is 4.66. The Bertz CT molecular complexity index is 352. The zero-order valence-electron chi connectivity index (χ0n) is 8.05. The van der Waals surface area contributed by atoms with Crippen LogP contribution in [0.15, 0.2) is 22.7 Å². The van der Waals surface area contributed by atoms with Crippen molar-refractivity contribution in [3.63, 3.8) is 0 Å². The summed E-state index contributed by atoms with van der Waals surface area (Å²) in [7, 11) is 3.54. The summed E-state index contributed by atoms with van der Waals surface area (Å²) < 4.78 is 13.9. The lowest BCUT2D eigenvalue weighted by Crippen LogP contribution is -2.22. The molecule has 2 nitrogen and oxygen atoms in total. The molecule has 0 unspecified atom stereocenters. The molecule has 1 rings (SSSR count). The van der Waals surface area contributed by atoms with Gasteiger partial charge in [-0.2, -0.15) is 0 Å². The minimum absolute atomic E-state index is 0.141. The van der Waals surface area contributed by atoms with Gasteiger partial charge in [0.05, 0.1) is 12.1 Å². The lowest BCUT2D eigenvalue weighted by molar-refractivity contribution is 0.0954. The van der Waals surface area contributed by atoms with Crippen LogP contribution < -0.4 is 0 Å². The maximum absolute atomic E-state index is 13.3. The molecule has 0 N–H and O–H groups in total. The number of carbonyl (C=O) groups excluding carboxylic acids is 1. The Labute approximate surface area is 90.8 Å². The van der Waals surface area contributed by atoms with E-state index in [1.807, 2.05) is 0 Å². The van der Waals surface area contributed by atoms with Crippen molar-refractivity contribution in [3.8, 4) is 0 Å². The smallest absolute Gasteiger partial charge is 0.179 e. The summed E-state index contributed by atoms with van der Waals surface area (Å²) in [6, 6.07) is 4.44. The van der Waals surface area contributed by atoms with Crippen LogP contribution in [-0.2, 0) is 0 Å². The second-order valence-corrected chi connectivity index (χ2v) is 4.20. The van der Waals surface area contributed by atoms with Crippen LogP contribution in [0.1, 0.15) is 10.4 Å². The highest BCUT2D eigenvalue weighted by Crippen LogP contribution is 2.15. The van der Waals surface area contributed by atoms with E-state index in [4.69, 9.17) is 0 Å². The van der Waals surface area contributed by atoms with Crippen molar-refractivity contribution in [1.29, 1.82) is 0 Å². The average Bonchev–Trinajstić information content (AvgIpc) is 2.01. The molecule has 0 fully saturated rings. The molecule has 0 saturated carbocycles. The molecule has 1 aromatic carbocycles. The summed E-state index contributed by atoms with van der Waals surface area (Å²) >= 11 is 3.13. The molecular formula is C10H11BrFNO. The Morgan fingerprint density at radius 3 is 2.64 bits per heavy atom. The summed E-state index contributed by atoms with van der Waals surface area (Å²) in [5.74, 6) is -0.689. The molecule has 76 valence electrons. The number of hydrogen-bond acceptors (Lipinski definition) is 2. The van der Waals surface area contributed by atoms with Gasteiger partial charge >= 0.3 is 0 Å². The van der Waals surface area contributed by atoms with E-state index in [0.717, 1.165) is 0 Å². The van der Waals surface area contributed by atoms with Crippen LogP contribution in [-0.4, -0.2) is 31.3 Å². The van der Waals surface area contributed by atoms with E-state index in [-0.39, 0.29) is 17.9 Å². The molecular weight excluding hydrogens is 249 g/mol. The quantitative estimate of drug-likeness (QED) is 0.777. The predicted molar refractivity (Wildman–Crippen MR) is 57.0 cm³/mol. The number of Topliss-reactive ketones (excluding diaryl/α,β-unsaturated/α-hetero) is 1. The van der Waals surface area contributed by atoms with Crippen LogP contribution in [0.2, 0.25) is 0 Å². The van der Waals surface area contributed by atoms with Crippen LogP contribution in [0.5, 0.6) is 0 Å². The van der Waals surface area contributed by atoms with Gasteiger partial charge in [0.1, 0.15) is 5.82 Å². The van der Waals surface area contributed by atoms with E-state index in [1.54, 1.807) is 25.1 Å². The first-order valence-corrected chi connectivity index (χ1v) is 4.93. The van der Waals surface area contributed by atoms with Gasteiger partial charge in [-0.15, -0.1) is 0 Å². The summed E-state index contributed by atoms with van der Waals surface area (Å²) in [5, 5.41) is 0. The molecule has 0 aromatic heterocycles. The van der Waals surface area contributed by atoms with Crippen LogP contribution in [0.4, 0.5) is 4.39 Å². The van der Waals surface area contributed by atoms with Crippen molar-refractivity contribution in [3.05, 3.63) is 34.1 Å². The Kier molecular flexibility index (Phi) is 3.77. The first kappa shape index (κ1) is 11.3. The fourth-order valence-electron chi connectivity index (χ4n) is 1.09. The normalized spacial score (nSPS) is 10.6. The number of hydrogen-bond donors (Lipinski definition) is 0. The second-order valence-electron chi connectivity index (χ2n) is 3.29. The lowest BCUT2D eigenvalue weighted by atomic mass is 10.1. The number of benzene rings is 1. The summed E-state index contributed by atoms with van der Waals surface area (Å²) in [4.78, 5) is 13.2. The van der Waals surface area contributed by atoms with Gasteiger partial charge in [0.25, 0.3) is 0 Å². The molecule has 0 heterocycles. The van der Waals surface area contributed by atoms with E-state index in [9.17, 15) is 9.18 Å². The van der Waals surface area contributed by atoms with E-state index in [1.165, 1.54) is 12.1 Å². The summed E-state index contributed by atoms with van der Waals surface area (Å²) in [6.45, 7) is 0.221. The summed E-state index contributed by atoms with van der Waals surface area (Å²) in [6.07, 6.45) is 0. The van der Waals surface area contributed by atoms with E-state index >= 15 is 0 Å². The number of halogens is 2. The largest absolute Gasteiger partial charge is 0.302 e. The van der Waals surface area contributed by atoms with Gasteiger partial charge < -0.3 is 4.90 Å². The predicted octanol–water partition coefficient (Wildman–Crippen LogP) is 2.33. The van der Waals surface area contributed by atoms with Gasteiger partial charge in [-0.1, -0.05) is 15.9 Å². The van der Waals surface area contributed by atoms with Crippen LogP contribution >= 0.6 is 15.9 Å². The zero-order valence-corrected chi connectivity index (χ0v) is 9.64. The molecule has 0 saturated heterocycles. The maximum atomic E-state index is 13.3. The maximum Gasteiger partial charge on any atom is 0.179 e. The Morgan fingerprint density at radius 1 is 1.50 bits per heavy atom. The molecule has 0 aliphatic heterocycles. The molecule has 0 aliphatic rings. The van der Waals surface area contributed by atoms with Gasteiger partial charge in [-0.25, -0.2) is 4.39 Å². The monoisotopic (exact) mass is 259 g/mol. The fraction of sp³-hybridized carbons (Fsp3) is 0.300. The van der Waals surface area contributed by atoms with Gasteiger partial charge in [0.2, 0.25) is 0 Å². The molecule has 0 radical (unpaired) electrons.